The van der Waals surface area contributed by atoms with E-state index in [1.54, 1.807) is 4.68 Å². The second kappa shape index (κ2) is 6.35. The average Bonchev–Trinajstić information content (AvgIpc) is 2.91. The summed E-state index contributed by atoms with van der Waals surface area (Å²) in [4.78, 5) is 11.9. The van der Waals surface area contributed by atoms with Crippen LogP contribution in [-0.4, -0.2) is 33.5 Å². The zero-order valence-corrected chi connectivity index (χ0v) is 11.8. The van der Waals surface area contributed by atoms with E-state index in [2.05, 4.69) is 20.9 Å². The highest BCUT2D eigenvalue weighted by Gasteiger charge is 2.20. The number of aromatic nitrogens is 3. The van der Waals surface area contributed by atoms with Crippen LogP contribution in [0.1, 0.15) is 44.2 Å². The van der Waals surface area contributed by atoms with Gasteiger partial charge in [-0.25, -0.2) is 4.68 Å². The molecule has 1 amide bonds. The van der Waals surface area contributed by atoms with Gasteiger partial charge in [-0.3, -0.25) is 4.79 Å². The summed E-state index contributed by atoms with van der Waals surface area (Å²) < 4.78 is 1.62. The number of nitrogens with zero attached hydrogens (tertiary/aromatic N) is 3. The van der Waals surface area contributed by atoms with Crippen molar-refractivity contribution in [1.82, 2.24) is 25.6 Å². The maximum absolute atomic E-state index is 11.9. The van der Waals surface area contributed by atoms with E-state index in [0.29, 0.717) is 6.04 Å². The van der Waals surface area contributed by atoms with Gasteiger partial charge in [0.05, 0.1) is 11.9 Å². The molecule has 1 aromatic rings. The molecule has 0 radical (unpaired) electrons. The van der Waals surface area contributed by atoms with Crippen molar-refractivity contribution in [3.63, 3.8) is 0 Å². The van der Waals surface area contributed by atoms with Gasteiger partial charge in [0.2, 0.25) is 5.91 Å². The molecule has 0 bridgehead atoms. The number of rotatable bonds is 7. The van der Waals surface area contributed by atoms with Crippen LogP contribution in [0.25, 0.3) is 0 Å². The Hall–Kier alpha value is -1.43. The second-order valence-corrected chi connectivity index (χ2v) is 6.03. The van der Waals surface area contributed by atoms with Crippen molar-refractivity contribution >= 4 is 5.91 Å². The minimum atomic E-state index is 0.0410. The van der Waals surface area contributed by atoms with Crippen LogP contribution in [-0.2, 0) is 17.9 Å². The van der Waals surface area contributed by atoms with Crippen molar-refractivity contribution in [2.24, 2.45) is 5.92 Å². The van der Waals surface area contributed by atoms with E-state index >= 15 is 0 Å². The van der Waals surface area contributed by atoms with Crippen molar-refractivity contribution in [2.75, 3.05) is 6.54 Å². The number of nitrogens with one attached hydrogen (secondary N) is 2. The lowest BCUT2D eigenvalue weighted by atomic mass is 10.2. The van der Waals surface area contributed by atoms with Crippen LogP contribution in [0, 0.1) is 5.92 Å². The van der Waals surface area contributed by atoms with Crippen LogP contribution < -0.4 is 10.6 Å². The number of hydrogen-bond acceptors (Lipinski definition) is 4. The summed E-state index contributed by atoms with van der Waals surface area (Å²) in [6.45, 7) is 2.07. The van der Waals surface area contributed by atoms with Gasteiger partial charge in [0.1, 0.15) is 6.54 Å². The molecule has 2 aliphatic carbocycles. The van der Waals surface area contributed by atoms with Gasteiger partial charge in [-0.1, -0.05) is 18.1 Å². The lowest BCUT2D eigenvalue weighted by Crippen LogP contribution is -2.35. The molecule has 6 heteroatoms. The van der Waals surface area contributed by atoms with Crippen LogP contribution in [0.3, 0.4) is 0 Å². The highest BCUT2D eigenvalue weighted by molar-refractivity contribution is 5.75. The van der Waals surface area contributed by atoms with Crippen LogP contribution in [0.2, 0.25) is 0 Å². The van der Waals surface area contributed by atoms with Crippen LogP contribution in [0.4, 0.5) is 0 Å². The highest BCUT2D eigenvalue weighted by Crippen LogP contribution is 2.27. The third-order valence-corrected chi connectivity index (χ3v) is 4.05. The second-order valence-electron chi connectivity index (χ2n) is 6.03. The molecule has 0 spiro atoms. The number of carbonyl (C=O) groups is 1. The molecule has 6 nitrogen and oxygen atoms in total. The number of amides is 1. The molecule has 2 N–H and O–H groups in total. The van der Waals surface area contributed by atoms with Crippen molar-refractivity contribution < 1.29 is 4.79 Å². The Balaban J connectivity index is 1.39. The van der Waals surface area contributed by atoms with Crippen LogP contribution in [0.15, 0.2) is 6.20 Å². The molecule has 0 aliphatic heterocycles. The van der Waals surface area contributed by atoms with Crippen molar-refractivity contribution in [3.05, 3.63) is 11.9 Å². The zero-order valence-electron chi connectivity index (χ0n) is 11.8. The zero-order chi connectivity index (χ0) is 13.8. The van der Waals surface area contributed by atoms with Gasteiger partial charge in [-0.05, 0) is 38.1 Å². The Kier molecular flexibility index (Phi) is 4.30. The lowest BCUT2D eigenvalue weighted by Gasteiger charge is -2.11. The van der Waals surface area contributed by atoms with E-state index in [0.717, 1.165) is 37.5 Å². The van der Waals surface area contributed by atoms with E-state index < -0.39 is 0 Å². The molecule has 2 aliphatic rings. The van der Waals surface area contributed by atoms with Crippen LogP contribution >= 0.6 is 0 Å². The molecular weight excluding hydrogens is 254 g/mol. The number of carbonyl (C=O) groups excluding carboxylic acids is 1. The molecule has 110 valence electrons. The van der Waals surface area contributed by atoms with Gasteiger partial charge < -0.3 is 10.6 Å². The quantitative estimate of drug-likeness (QED) is 0.774. The minimum Gasteiger partial charge on any atom is -0.352 e. The summed E-state index contributed by atoms with van der Waals surface area (Å²) in [6, 6.07) is 0.366. The predicted molar refractivity (Wildman–Crippen MR) is 74.9 cm³/mol. The van der Waals surface area contributed by atoms with Gasteiger partial charge in [-0.15, -0.1) is 5.10 Å². The van der Waals surface area contributed by atoms with Crippen molar-refractivity contribution in [3.8, 4) is 0 Å². The van der Waals surface area contributed by atoms with Crippen LogP contribution in [0.5, 0.6) is 0 Å². The van der Waals surface area contributed by atoms with Crippen molar-refractivity contribution in [1.29, 1.82) is 0 Å². The van der Waals surface area contributed by atoms with E-state index in [-0.39, 0.29) is 12.5 Å². The lowest BCUT2D eigenvalue weighted by molar-refractivity contribution is -0.122. The smallest absolute Gasteiger partial charge is 0.242 e. The molecule has 3 rings (SSSR count). The fraction of sp³-hybridized carbons (Fsp3) is 0.786. The van der Waals surface area contributed by atoms with E-state index in [9.17, 15) is 4.79 Å². The Morgan fingerprint density at radius 3 is 2.85 bits per heavy atom. The maximum Gasteiger partial charge on any atom is 0.242 e. The standard InChI is InChI=1S/C14H23N5O/c20-14(16-12-3-1-2-4-12)10-19-9-13(17-18-19)8-15-7-11-5-6-11/h9,11-12,15H,1-8,10H2,(H,16,20). The summed E-state index contributed by atoms with van der Waals surface area (Å²) in [7, 11) is 0. The van der Waals surface area contributed by atoms with Gasteiger partial charge in [0, 0.05) is 12.6 Å². The highest BCUT2D eigenvalue weighted by atomic mass is 16.2. The largest absolute Gasteiger partial charge is 0.352 e. The molecule has 0 aromatic carbocycles. The molecule has 2 fully saturated rings. The maximum atomic E-state index is 11.9. The first-order valence-electron chi connectivity index (χ1n) is 7.68. The first kappa shape index (κ1) is 13.5. The molecule has 1 aromatic heterocycles. The normalized spacial score (nSPS) is 19.4. The topological polar surface area (TPSA) is 71.8 Å². The SMILES string of the molecule is O=C(Cn1cc(CNCC2CC2)nn1)NC1CCCC1. The molecule has 1 heterocycles. The summed E-state index contributed by atoms with van der Waals surface area (Å²) in [5, 5.41) is 14.5. The monoisotopic (exact) mass is 277 g/mol. The third-order valence-electron chi connectivity index (χ3n) is 4.05. The minimum absolute atomic E-state index is 0.0410. The predicted octanol–water partition coefficient (Wildman–Crippen LogP) is 0.836. The molecule has 20 heavy (non-hydrogen) atoms. The Bertz CT molecular complexity index is 448. The fourth-order valence-electron chi connectivity index (χ4n) is 2.71. The van der Waals surface area contributed by atoms with E-state index in [1.807, 2.05) is 6.20 Å². The third kappa shape index (κ3) is 4.03. The molecule has 0 saturated heterocycles. The summed E-state index contributed by atoms with van der Waals surface area (Å²) in [6.07, 6.45) is 9.23. The molecule has 0 unspecified atom stereocenters. The van der Waals surface area contributed by atoms with Gasteiger partial charge in [0.25, 0.3) is 0 Å². The molecular formula is C14H23N5O. The average molecular weight is 277 g/mol. The molecule has 0 atom stereocenters. The summed E-state index contributed by atoms with van der Waals surface area (Å²) in [5.41, 5.74) is 0.902. The molecule has 2 saturated carbocycles. The van der Waals surface area contributed by atoms with Crippen molar-refractivity contribution in [2.45, 2.75) is 57.7 Å². The Labute approximate surface area is 119 Å². The summed E-state index contributed by atoms with van der Waals surface area (Å²) >= 11 is 0. The van der Waals surface area contributed by atoms with Gasteiger partial charge in [-0.2, -0.15) is 0 Å². The summed E-state index contributed by atoms with van der Waals surface area (Å²) in [5.74, 6) is 0.904. The van der Waals surface area contributed by atoms with Gasteiger partial charge in [0.15, 0.2) is 0 Å². The fourth-order valence-corrected chi connectivity index (χ4v) is 2.71. The van der Waals surface area contributed by atoms with E-state index in [1.165, 1.54) is 25.7 Å². The Morgan fingerprint density at radius 2 is 2.10 bits per heavy atom. The van der Waals surface area contributed by atoms with E-state index in [4.69, 9.17) is 0 Å². The number of hydrogen-bond donors (Lipinski definition) is 2. The first-order valence-corrected chi connectivity index (χ1v) is 7.68. The van der Waals surface area contributed by atoms with Gasteiger partial charge >= 0.3 is 0 Å². The Morgan fingerprint density at radius 1 is 1.30 bits per heavy atom. The first-order chi connectivity index (χ1) is 9.79.